The lowest BCUT2D eigenvalue weighted by molar-refractivity contribution is -0.129. The van der Waals surface area contributed by atoms with Crippen molar-refractivity contribution in [3.63, 3.8) is 0 Å². The topological polar surface area (TPSA) is 88.8 Å². The standard InChI is InChI=1S/C18H18N4O3/c1-21(2)17(23)11-22-14-7-6-12(19)9-15(14)25-16(18(22)24)10-13-5-3-4-8-20-13/h3-10H,11,19H2,1-2H3/b16-10+. The Balaban J connectivity index is 2.03. The second-order valence-corrected chi connectivity index (χ2v) is 5.77. The molecular formula is C18H18N4O3. The molecule has 0 radical (unpaired) electrons. The predicted molar refractivity (Wildman–Crippen MR) is 94.7 cm³/mol. The van der Waals surface area contributed by atoms with Crippen molar-refractivity contribution in [2.75, 3.05) is 31.3 Å². The molecule has 0 saturated carbocycles. The molecule has 2 heterocycles. The van der Waals surface area contributed by atoms with E-state index in [1.807, 2.05) is 6.07 Å². The van der Waals surface area contributed by atoms with Gasteiger partial charge < -0.3 is 15.4 Å². The van der Waals surface area contributed by atoms with Crippen molar-refractivity contribution in [2.24, 2.45) is 0 Å². The lowest BCUT2D eigenvalue weighted by Crippen LogP contribution is -2.43. The molecule has 1 aromatic carbocycles. The number of rotatable bonds is 3. The highest BCUT2D eigenvalue weighted by Gasteiger charge is 2.32. The number of ether oxygens (including phenoxy) is 1. The maximum Gasteiger partial charge on any atom is 0.294 e. The first-order chi connectivity index (χ1) is 12.0. The van der Waals surface area contributed by atoms with Crippen molar-refractivity contribution in [1.82, 2.24) is 9.88 Å². The van der Waals surface area contributed by atoms with Gasteiger partial charge in [-0.15, -0.1) is 0 Å². The average Bonchev–Trinajstić information content (AvgIpc) is 2.59. The predicted octanol–water partition coefficient (Wildman–Crippen LogP) is 1.52. The van der Waals surface area contributed by atoms with E-state index in [1.54, 1.807) is 56.7 Å². The molecule has 0 spiro atoms. The van der Waals surface area contributed by atoms with E-state index in [-0.39, 0.29) is 18.2 Å². The highest BCUT2D eigenvalue weighted by Crippen LogP contribution is 2.37. The van der Waals surface area contributed by atoms with E-state index >= 15 is 0 Å². The van der Waals surface area contributed by atoms with Crippen molar-refractivity contribution in [2.45, 2.75) is 0 Å². The molecule has 7 nitrogen and oxygen atoms in total. The fraction of sp³-hybridized carbons (Fsp3) is 0.167. The van der Waals surface area contributed by atoms with Gasteiger partial charge in [-0.3, -0.25) is 19.5 Å². The van der Waals surface area contributed by atoms with E-state index < -0.39 is 5.91 Å². The van der Waals surface area contributed by atoms with E-state index in [1.165, 1.54) is 9.80 Å². The molecule has 0 fully saturated rings. The Morgan fingerprint density at radius 1 is 1.32 bits per heavy atom. The van der Waals surface area contributed by atoms with Crippen LogP contribution >= 0.6 is 0 Å². The first kappa shape index (κ1) is 16.5. The summed E-state index contributed by atoms with van der Waals surface area (Å²) < 4.78 is 5.73. The summed E-state index contributed by atoms with van der Waals surface area (Å²) in [5.74, 6) is -0.0926. The summed E-state index contributed by atoms with van der Waals surface area (Å²) in [6.07, 6.45) is 3.17. The number of carbonyl (C=O) groups is 2. The fourth-order valence-electron chi connectivity index (χ4n) is 2.36. The van der Waals surface area contributed by atoms with Crippen molar-refractivity contribution >= 4 is 29.3 Å². The van der Waals surface area contributed by atoms with Gasteiger partial charge in [0.15, 0.2) is 11.5 Å². The number of pyridine rings is 1. The number of nitrogen functional groups attached to an aromatic ring is 1. The second-order valence-electron chi connectivity index (χ2n) is 5.77. The smallest absolute Gasteiger partial charge is 0.294 e. The number of hydrogen-bond acceptors (Lipinski definition) is 5. The van der Waals surface area contributed by atoms with Crippen LogP contribution in [0.25, 0.3) is 6.08 Å². The highest BCUT2D eigenvalue weighted by molar-refractivity contribution is 6.12. The number of amides is 2. The molecular weight excluding hydrogens is 320 g/mol. The third kappa shape index (κ3) is 3.45. The van der Waals surface area contributed by atoms with Crippen LogP contribution in [0.3, 0.4) is 0 Å². The molecule has 3 rings (SSSR count). The molecule has 0 bridgehead atoms. The van der Waals surface area contributed by atoms with Crippen LogP contribution in [0.4, 0.5) is 11.4 Å². The first-order valence-corrected chi connectivity index (χ1v) is 7.68. The van der Waals surface area contributed by atoms with Crippen molar-refractivity contribution in [1.29, 1.82) is 0 Å². The number of nitrogens with two attached hydrogens (primary N) is 1. The Labute approximate surface area is 145 Å². The van der Waals surface area contributed by atoms with Gasteiger partial charge in [0, 0.05) is 38.1 Å². The summed E-state index contributed by atoms with van der Waals surface area (Å²) in [6, 6.07) is 10.3. The Bertz CT molecular complexity index is 847. The monoisotopic (exact) mass is 338 g/mol. The van der Waals surface area contributed by atoms with Gasteiger partial charge in [-0.05, 0) is 24.3 Å². The summed E-state index contributed by atoms with van der Waals surface area (Å²) in [5.41, 5.74) is 7.41. The molecule has 25 heavy (non-hydrogen) atoms. The largest absolute Gasteiger partial charge is 0.449 e. The van der Waals surface area contributed by atoms with Gasteiger partial charge in [0.2, 0.25) is 5.91 Å². The van der Waals surface area contributed by atoms with E-state index in [0.717, 1.165) is 0 Å². The zero-order valence-corrected chi connectivity index (χ0v) is 14.0. The van der Waals surface area contributed by atoms with Crippen LogP contribution in [-0.4, -0.2) is 42.3 Å². The Morgan fingerprint density at radius 2 is 2.12 bits per heavy atom. The fourth-order valence-corrected chi connectivity index (χ4v) is 2.36. The number of fused-ring (bicyclic) bond motifs is 1. The molecule has 2 N–H and O–H groups in total. The Kier molecular flexibility index (Phi) is 4.38. The Hall–Kier alpha value is -3.35. The molecule has 0 atom stereocenters. The summed E-state index contributed by atoms with van der Waals surface area (Å²) in [7, 11) is 3.28. The summed E-state index contributed by atoms with van der Waals surface area (Å²) in [4.78, 5) is 32.0. The van der Waals surface area contributed by atoms with Crippen LogP contribution in [-0.2, 0) is 9.59 Å². The number of carbonyl (C=O) groups excluding carboxylic acids is 2. The third-order valence-corrected chi connectivity index (χ3v) is 3.71. The minimum atomic E-state index is -0.405. The maximum absolute atomic E-state index is 12.8. The second kappa shape index (κ2) is 6.64. The number of nitrogens with zero attached hydrogens (tertiary/aromatic N) is 3. The van der Waals surface area contributed by atoms with Gasteiger partial charge >= 0.3 is 0 Å². The summed E-state index contributed by atoms with van der Waals surface area (Å²) in [5, 5.41) is 0. The van der Waals surface area contributed by atoms with Crippen LogP contribution in [0.1, 0.15) is 5.69 Å². The minimum Gasteiger partial charge on any atom is -0.449 e. The number of likely N-dealkylation sites (N-methyl/N-ethyl adjacent to an activating group) is 1. The first-order valence-electron chi connectivity index (χ1n) is 7.68. The zero-order chi connectivity index (χ0) is 18.0. The lowest BCUT2D eigenvalue weighted by atomic mass is 10.1. The van der Waals surface area contributed by atoms with Crippen LogP contribution in [0, 0.1) is 0 Å². The van der Waals surface area contributed by atoms with Gasteiger partial charge in [0.05, 0.1) is 11.4 Å². The molecule has 7 heteroatoms. The summed E-state index contributed by atoms with van der Waals surface area (Å²) >= 11 is 0. The van der Waals surface area contributed by atoms with Gasteiger partial charge in [-0.25, -0.2) is 0 Å². The number of hydrogen-bond donors (Lipinski definition) is 1. The van der Waals surface area contributed by atoms with Crippen LogP contribution in [0.15, 0.2) is 48.4 Å². The molecule has 0 saturated heterocycles. The molecule has 1 aliphatic heterocycles. The van der Waals surface area contributed by atoms with E-state index in [9.17, 15) is 9.59 Å². The van der Waals surface area contributed by atoms with Gasteiger partial charge in [0.1, 0.15) is 6.54 Å². The molecule has 0 aliphatic carbocycles. The zero-order valence-electron chi connectivity index (χ0n) is 14.0. The minimum absolute atomic E-state index is 0.0864. The van der Waals surface area contributed by atoms with Gasteiger partial charge in [-0.2, -0.15) is 0 Å². The van der Waals surface area contributed by atoms with Crippen molar-refractivity contribution < 1.29 is 14.3 Å². The lowest BCUT2D eigenvalue weighted by Gasteiger charge is -2.30. The maximum atomic E-state index is 12.8. The number of anilines is 2. The van der Waals surface area contributed by atoms with E-state index in [4.69, 9.17) is 10.5 Å². The molecule has 2 amide bonds. The van der Waals surface area contributed by atoms with E-state index in [0.29, 0.717) is 22.8 Å². The van der Waals surface area contributed by atoms with Gasteiger partial charge in [0.25, 0.3) is 5.91 Å². The number of benzene rings is 1. The van der Waals surface area contributed by atoms with Gasteiger partial charge in [-0.1, -0.05) is 6.07 Å². The number of aromatic nitrogens is 1. The molecule has 0 unspecified atom stereocenters. The normalized spacial score (nSPS) is 14.9. The SMILES string of the molecule is CN(C)C(=O)CN1C(=O)/C(=C\c2ccccn2)Oc2cc(N)ccc21. The average molecular weight is 338 g/mol. The van der Waals surface area contributed by atoms with Crippen LogP contribution in [0.2, 0.25) is 0 Å². The summed E-state index contributed by atoms with van der Waals surface area (Å²) in [6.45, 7) is -0.0916. The quantitative estimate of drug-likeness (QED) is 0.677. The molecule has 2 aromatic rings. The van der Waals surface area contributed by atoms with Crippen molar-refractivity contribution in [3.05, 3.63) is 54.0 Å². The molecule has 128 valence electrons. The van der Waals surface area contributed by atoms with E-state index in [2.05, 4.69) is 4.98 Å². The molecule has 1 aliphatic rings. The Morgan fingerprint density at radius 3 is 2.80 bits per heavy atom. The highest BCUT2D eigenvalue weighted by atomic mass is 16.5. The van der Waals surface area contributed by atoms with Crippen LogP contribution < -0.4 is 15.4 Å². The molecule has 1 aromatic heterocycles. The third-order valence-electron chi connectivity index (χ3n) is 3.71. The van der Waals surface area contributed by atoms with Crippen molar-refractivity contribution in [3.8, 4) is 5.75 Å². The van der Waals surface area contributed by atoms with Crippen LogP contribution in [0.5, 0.6) is 5.75 Å².